The Kier molecular flexibility index (Phi) is 3.68. The lowest BCUT2D eigenvalue weighted by atomic mass is 10.2. The standard InChI is InChI=1S/C6H10O4/c1-2-4(8)6(10)5(9)3-7/h2-3,5-6,8-10H,1H3/t5-,6+/m0/s1. The minimum atomic E-state index is -1.55. The molecular formula is C6H10O4. The van der Waals surface area contributed by atoms with E-state index in [1.54, 1.807) is 0 Å². The Morgan fingerprint density at radius 1 is 1.50 bits per heavy atom. The van der Waals surface area contributed by atoms with Crippen LogP contribution in [-0.4, -0.2) is 33.8 Å². The van der Waals surface area contributed by atoms with Crippen molar-refractivity contribution in [2.75, 3.05) is 0 Å². The highest BCUT2D eigenvalue weighted by atomic mass is 16.4. The van der Waals surface area contributed by atoms with E-state index in [4.69, 9.17) is 15.3 Å². The second-order valence-corrected chi connectivity index (χ2v) is 1.79. The van der Waals surface area contributed by atoms with Gasteiger partial charge < -0.3 is 20.1 Å². The lowest BCUT2D eigenvalue weighted by molar-refractivity contribution is -0.119. The van der Waals surface area contributed by atoms with Gasteiger partial charge in [-0.2, -0.15) is 0 Å². The molecule has 0 bridgehead atoms. The lowest BCUT2D eigenvalue weighted by Gasteiger charge is -2.10. The molecule has 0 radical (unpaired) electrons. The molecule has 0 aromatic rings. The van der Waals surface area contributed by atoms with Crippen LogP contribution in [0.15, 0.2) is 11.8 Å². The molecule has 0 aliphatic carbocycles. The monoisotopic (exact) mass is 146 g/mol. The summed E-state index contributed by atoms with van der Waals surface area (Å²) in [5.74, 6) is -0.403. The molecule has 0 aliphatic heterocycles. The fourth-order valence-electron chi connectivity index (χ4n) is 0.420. The maximum atomic E-state index is 9.82. The molecule has 0 saturated heterocycles. The predicted octanol–water partition coefficient (Wildman–Crippen LogP) is -0.631. The maximum absolute atomic E-state index is 9.82. The highest BCUT2D eigenvalue weighted by Crippen LogP contribution is 2.00. The summed E-state index contributed by atoms with van der Waals surface area (Å²) in [5, 5.41) is 26.1. The zero-order valence-electron chi connectivity index (χ0n) is 5.56. The van der Waals surface area contributed by atoms with Crippen LogP contribution in [0.25, 0.3) is 0 Å². The molecule has 0 amide bonds. The fraction of sp³-hybridized carbons (Fsp3) is 0.500. The number of hydrogen-bond acceptors (Lipinski definition) is 4. The highest BCUT2D eigenvalue weighted by Gasteiger charge is 2.18. The van der Waals surface area contributed by atoms with E-state index in [0.717, 1.165) is 0 Å². The summed E-state index contributed by atoms with van der Waals surface area (Å²) >= 11 is 0. The first-order chi connectivity index (χ1) is 4.63. The number of aldehydes is 1. The van der Waals surface area contributed by atoms with Gasteiger partial charge in [0.25, 0.3) is 0 Å². The van der Waals surface area contributed by atoms with Crippen molar-refractivity contribution >= 4 is 6.29 Å². The van der Waals surface area contributed by atoms with Gasteiger partial charge in [-0.3, -0.25) is 0 Å². The van der Waals surface area contributed by atoms with Gasteiger partial charge in [-0.05, 0) is 13.0 Å². The van der Waals surface area contributed by atoms with Gasteiger partial charge in [-0.25, -0.2) is 0 Å². The van der Waals surface area contributed by atoms with Crippen molar-refractivity contribution in [3.8, 4) is 0 Å². The van der Waals surface area contributed by atoms with Gasteiger partial charge in [0.15, 0.2) is 6.29 Å². The molecule has 0 spiro atoms. The van der Waals surface area contributed by atoms with Crippen molar-refractivity contribution in [3.63, 3.8) is 0 Å². The molecule has 4 nitrogen and oxygen atoms in total. The summed E-state index contributed by atoms with van der Waals surface area (Å²) in [5.41, 5.74) is 0. The van der Waals surface area contributed by atoms with Crippen molar-refractivity contribution < 1.29 is 20.1 Å². The van der Waals surface area contributed by atoms with Gasteiger partial charge in [-0.15, -0.1) is 0 Å². The number of carbonyl (C=O) groups excluding carboxylic acids is 1. The molecule has 0 saturated carbocycles. The SMILES string of the molecule is CC=C(O)[C@@H](O)[C@@H](O)C=O. The Bertz CT molecular complexity index is 141. The van der Waals surface area contributed by atoms with Crippen LogP contribution in [0.1, 0.15) is 6.92 Å². The summed E-state index contributed by atoms with van der Waals surface area (Å²) in [4.78, 5) is 9.82. The number of aliphatic hydroxyl groups is 3. The second-order valence-electron chi connectivity index (χ2n) is 1.79. The van der Waals surface area contributed by atoms with Crippen LogP contribution in [0, 0.1) is 0 Å². The Balaban J connectivity index is 4.06. The first-order valence-electron chi connectivity index (χ1n) is 2.80. The Morgan fingerprint density at radius 2 is 2.00 bits per heavy atom. The number of rotatable bonds is 3. The van der Waals surface area contributed by atoms with E-state index in [9.17, 15) is 4.79 Å². The third-order valence-corrected chi connectivity index (χ3v) is 1.06. The van der Waals surface area contributed by atoms with Gasteiger partial charge >= 0.3 is 0 Å². The molecule has 0 unspecified atom stereocenters. The van der Waals surface area contributed by atoms with Gasteiger partial charge in [0, 0.05) is 0 Å². The van der Waals surface area contributed by atoms with Crippen molar-refractivity contribution in [1.29, 1.82) is 0 Å². The average molecular weight is 146 g/mol. The van der Waals surface area contributed by atoms with Gasteiger partial charge in [0.1, 0.15) is 18.0 Å². The average Bonchev–Trinajstić information content (AvgIpc) is 2.00. The molecule has 2 atom stereocenters. The summed E-state index contributed by atoms with van der Waals surface area (Å²) in [7, 11) is 0. The molecule has 10 heavy (non-hydrogen) atoms. The summed E-state index contributed by atoms with van der Waals surface area (Å²) < 4.78 is 0. The first kappa shape index (κ1) is 9.13. The van der Waals surface area contributed by atoms with Gasteiger partial charge in [0.05, 0.1) is 0 Å². The van der Waals surface area contributed by atoms with E-state index in [1.807, 2.05) is 0 Å². The van der Waals surface area contributed by atoms with Crippen LogP contribution in [-0.2, 0) is 4.79 Å². The number of aliphatic hydroxyl groups excluding tert-OH is 3. The molecule has 4 heteroatoms. The third-order valence-electron chi connectivity index (χ3n) is 1.06. The Hall–Kier alpha value is -0.870. The molecular weight excluding hydrogens is 136 g/mol. The molecule has 58 valence electrons. The molecule has 0 rings (SSSR count). The van der Waals surface area contributed by atoms with E-state index in [-0.39, 0.29) is 6.29 Å². The second kappa shape index (κ2) is 4.03. The van der Waals surface area contributed by atoms with Gasteiger partial charge in [0.2, 0.25) is 0 Å². The quantitative estimate of drug-likeness (QED) is 0.366. The number of carbonyl (C=O) groups is 1. The Morgan fingerprint density at radius 3 is 2.30 bits per heavy atom. The summed E-state index contributed by atoms with van der Waals surface area (Å²) in [6, 6.07) is 0. The van der Waals surface area contributed by atoms with Gasteiger partial charge in [-0.1, -0.05) is 0 Å². The van der Waals surface area contributed by atoms with Crippen LogP contribution >= 0.6 is 0 Å². The maximum Gasteiger partial charge on any atom is 0.151 e. The molecule has 0 heterocycles. The van der Waals surface area contributed by atoms with Crippen molar-refractivity contribution in [1.82, 2.24) is 0 Å². The molecule has 3 N–H and O–H groups in total. The predicted molar refractivity (Wildman–Crippen MR) is 34.5 cm³/mol. The van der Waals surface area contributed by atoms with E-state index in [2.05, 4.69) is 0 Å². The van der Waals surface area contributed by atoms with Crippen molar-refractivity contribution in [3.05, 3.63) is 11.8 Å². The smallest absolute Gasteiger partial charge is 0.151 e. The minimum Gasteiger partial charge on any atom is -0.510 e. The van der Waals surface area contributed by atoms with Crippen LogP contribution in [0.3, 0.4) is 0 Å². The summed E-state index contributed by atoms with van der Waals surface area (Å²) in [6.45, 7) is 1.48. The van der Waals surface area contributed by atoms with Crippen LogP contribution in [0.4, 0.5) is 0 Å². The zero-order chi connectivity index (χ0) is 8.15. The molecule has 0 aliphatic rings. The number of allylic oxidation sites excluding steroid dienone is 1. The normalized spacial score (nSPS) is 18.1. The molecule has 0 fully saturated rings. The Labute approximate surface area is 58.4 Å². The van der Waals surface area contributed by atoms with E-state index < -0.39 is 18.0 Å². The third kappa shape index (κ3) is 2.16. The first-order valence-corrected chi connectivity index (χ1v) is 2.80. The lowest BCUT2D eigenvalue weighted by Crippen LogP contribution is -2.28. The van der Waals surface area contributed by atoms with Crippen molar-refractivity contribution in [2.45, 2.75) is 19.1 Å². The number of hydrogen-bond donors (Lipinski definition) is 3. The van der Waals surface area contributed by atoms with Crippen LogP contribution in [0.2, 0.25) is 0 Å². The van der Waals surface area contributed by atoms with E-state index in [1.165, 1.54) is 13.0 Å². The zero-order valence-corrected chi connectivity index (χ0v) is 5.56. The van der Waals surface area contributed by atoms with E-state index in [0.29, 0.717) is 0 Å². The largest absolute Gasteiger partial charge is 0.510 e. The minimum absolute atomic E-state index is 0.157. The summed E-state index contributed by atoms with van der Waals surface area (Å²) in [6.07, 6.45) is -1.68. The fourth-order valence-corrected chi connectivity index (χ4v) is 0.420. The molecule has 0 aromatic carbocycles. The van der Waals surface area contributed by atoms with Crippen molar-refractivity contribution in [2.24, 2.45) is 0 Å². The van der Waals surface area contributed by atoms with E-state index >= 15 is 0 Å². The highest BCUT2D eigenvalue weighted by molar-refractivity contribution is 5.57. The van der Waals surface area contributed by atoms with Crippen LogP contribution in [0.5, 0.6) is 0 Å². The van der Waals surface area contributed by atoms with Crippen LogP contribution < -0.4 is 0 Å². The topological polar surface area (TPSA) is 77.8 Å². The molecule has 0 aromatic heterocycles.